The van der Waals surface area contributed by atoms with Crippen LogP contribution in [0.2, 0.25) is 0 Å². The molecule has 0 unspecified atom stereocenters. The van der Waals surface area contributed by atoms with Gasteiger partial charge in [-0.1, -0.05) is 6.07 Å². The van der Waals surface area contributed by atoms with Crippen LogP contribution in [0.25, 0.3) is 0 Å². The Kier molecular flexibility index (Phi) is 3.65. The Hall–Kier alpha value is -1.42. The zero-order valence-electron chi connectivity index (χ0n) is 10.0. The molecule has 1 N–H and O–H groups in total. The van der Waals surface area contributed by atoms with E-state index < -0.39 is 5.54 Å². The van der Waals surface area contributed by atoms with E-state index >= 15 is 0 Å². The summed E-state index contributed by atoms with van der Waals surface area (Å²) >= 11 is 0. The minimum Gasteiger partial charge on any atom is -0.314 e. The largest absolute Gasteiger partial charge is 0.314 e. The van der Waals surface area contributed by atoms with E-state index in [9.17, 15) is 9.18 Å². The first-order valence-corrected chi connectivity index (χ1v) is 5.11. The number of halogens is 1. The van der Waals surface area contributed by atoms with Gasteiger partial charge in [-0.25, -0.2) is 4.39 Å². The van der Waals surface area contributed by atoms with E-state index in [1.807, 2.05) is 0 Å². The third kappa shape index (κ3) is 2.58. The fourth-order valence-electron chi connectivity index (χ4n) is 1.33. The summed E-state index contributed by atoms with van der Waals surface area (Å²) in [5.41, 5.74) is -0.116. The maximum absolute atomic E-state index is 13.0. The Morgan fingerprint density at radius 3 is 2.56 bits per heavy atom. The molecule has 0 spiro atoms. The molecule has 0 saturated carbocycles. The summed E-state index contributed by atoms with van der Waals surface area (Å²) in [6.07, 6.45) is 0. The van der Waals surface area contributed by atoms with Crippen LogP contribution in [0, 0.1) is 5.82 Å². The summed E-state index contributed by atoms with van der Waals surface area (Å²) in [5, 5.41) is 2.92. The molecular weight excluding hydrogens is 207 g/mol. The van der Waals surface area contributed by atoms with Gasteiger partial charge in [-0.05, 0) is 39.1 Å². The van der Waals surface area contributed by atoms with Gasteiger partial charge in [-0.2, -0.15) is 0 Å². The summed E-state index contributed by atoms with van der Waals surface area (Å²) in [6.45, 7) is 3.57. The second-order valence-electron chi connectivity index (χ2n) is 4.22. The Morgan fingerprint density at radius 2 is 2.06 bits per heavy atom. The van der Waals surface area contributed by atoms with E-state index in [4.69, 9.17) is 0 Å². The molecule has 88 valence electrons. The average molecular weight is 224 g/mol. The fourth-order valence-corrected chi connectivity index (χ4v) is 1.33. The Balaban J connectivity index is 2.95. The van der Waals surface area contributed by atoms with E-state index in [1.54, 1.807) is 40.1 Å². The van der Waals surface area contributed by atoms with E-state index in [1.165, 1.54) is 17.0 Å². The minimum atomic E-state index is -0.666. The van der Waals surface area contributed by atoms with Crippen LogP contribution in [0.1, 0.15) is 13.8 Å². The van der Waals surface area contributed by atoms with Gasteiger partial charge in [-0.3, -0.25) is 4.79 Å². The number of carbonyl (C=O) groups excluding carboxylic acids is 1. The number of likely N-dealkylation sites (N-methyl/N-ethyl adjacent to an activating group) is 2. The van der Waals surface area contributed by atoms with E-state index in [0.717, 1.165) is 0 Å². The van der Waals surface area contributed by atoms with Gasteiger partial charge in [0.2, 0.25) is 5.91 Å². The highest BCUT2D eigenvalue weighted by atomic mass is 19.1. The van der Waals surface area contributed by atoms with Crippen LogP contribution in [-0.4, -0.2) is 25.5 Å². The number of hydrogen-bond donors (Lipinski definition) is 1. The molecule has 0 aliphatic heterocycles. The lowest BCUT2D eigenvalue weighted by atomic mass is 10.0. The fraction of sp³-hybridized carbons (Fsp3) is 0.417. The molecule has 1 rings (SSSR count). The maximum Gasteiger partial charge on any atom is 0.246 e. The van der Waals surface area contributed by atoms with Gasteiger partial charge < -0.3 is 10.2 Å². The Bertz CT molecular complexity index is 390. The van der Waals surface area contributed by atoms with Gasteiger partial charge in [0.05, 0.1) is 5.54 Å². The van der Waals surface area contributed by atoms with Crippen LogP contribution in [0.3, 0.4) is 0 Å². The van der Waals surface area contributed by atoms with Crippen LogP contribution in [-0.2, 0) is 4.79 Å². The van der Waals surface area contributed by atoms with Crippen molar-refractivity contribution in [3.63, 3.8) is 0 Å². The first-order chi connectivity index (χ1) is 7.38. The highest BCUT2D eigenvalue weighted by molar-refractivity contribution is 5.99. The molecule has 1 aromatic carbocycles. The molecule has 0 aliphatic carbocycles. The van der Waals surface area contributed by atoms with Crippen molar-refractivity contribution in [1.82, 2.24) is 5.32 Å². The number of nitrogens with zero attached hydrogens (tertiary/aromatic N) is 1. The lowest BCUT2D eigenvalue weighted by Crippen LogP contribution is -2.51. The lowest BCUT2D eigenvalue weighted by molar-refractivity contribution is -0.123. The third-order valence-corrected chi connectivity index (χ3v) is 2.66. The summed E-state index contributed by atoms with van der Waals surface area (Å²) < 4.78 is 13.0. The topological polar surface area (TPSA) is 32.3 Å². The van der Waals surface area contributed by atoms with Crippen LogP contribution in [0.5, 0.6) is 0 Å². The summed E-state index contributed by atoms with van der Waals surface area (Å²) in [7, 11) is 3.35. The van der Waals surface area contributed by atoms with Crippen molar-refractivity contribution < 1.29 is 9.18 Å². The first kappa shape index (κ1) is 12.6. The zero-order valence-corrected chi connectivity index (χ0v) is 10.0. The number of anilines is 1. The van der Waals surface area contributed by atoms with Gasteiger partial charge in [0.25, 0.3) is 0 Å². The minimum absolute atomic E-state index is 0.111. The normalized spacial score (nSPS) is 11.3. The molecule has 0 heterocycles. The van der Waals surface area contributed by atoms with E-state index in [-0.39, 0.29) is 11.7 Å². The van der Waals surface area contributed by atoms with Crippen LogP contribution in [0.4, 0.5) is 10.1 Å². The summed E-state index contributed by atoms with van der Waals surface area (Å²) in [5.74, 6) is -0.458. The third-order valence-electron chi connectivity index (χ3n) is 2.66. The van der Waals surface area contributed by atoms with Gasteiger partial charge >= 0.3 is 0 Å². The van der Waals surface area contributed by atoms with Crippen molar-refractivity contribution >= 4 is 11.6 Å². The summed E-state index contributed by atoms with van der Waals surface area (Å²) in [6, 6.07) is 5.97. The highest BCUT2D eigenvalue weighted by Crippen LogP contribution is 2.17. The quantitative estimate of drug-likeness (QED) is 0.849. The van der Waals surface area contributed by atoms with Crippen molar-refractivity contribution in [2.45, 2.75) is 19.4 Å². The number of hydrogen-bond acceptors (Lipinski definition) is 2. The molecule has 0 fully saturated rings. The second kappa shape index (κ2) is 4.61. The smallest absolute Gasteiger partial charge is 0.246 e. The average Bonchev–Trinajstić information content (AvgIpc) is 2.27. The van der Waals surface area contributed by atoms with Crippen molar-refractivity contribution in [3.05, 3.63) is 30.1 Å². The predicted octanol–water partition coefficient (Wildman–Crippen LogP) is 1.79. The molecule has 0 radical (unpaired) electrons. The van der Waals surface area contributed by atoms with Crippen molar-refractivity contribution in [2.75, 3.05) is 19.0 Å². The molecule has 0 aliphatic rings. The molecule has 3 nitrogen and oxygen atoms in total. The number of amides is 1. The van der Waals surface area contributed by atoms with Gasteiger partial charge in [0.1, 0.15) is 5.82 Å². The van der Waals surface area contributed by atoms with Gasteiger partial charge in [0.15, 0.2) is 0 Å². The van der Waals surface area contributed by atoms with E-state index in [0.29, 0.717) is 5.69 Å². The van der Waals surface area contributed by atoms with Crippen molar-refractivity contribution in [1.29, 1.82) is 0 Å². The second-order valence-corrected chi connectivity index (χ2v) is 4.22. The molecule has 0 aromatic heterocycles. The highest BCUT2D eigenvalue weighted by Gasteiger charge is 2.29. The Morgan fingerprint density at radius 1 is 1.44 bits per heavy atom. The number of rotatable bonds is 3. The predicted molar refractivity (Wildman–Crippen MR) is 62.9 cm³/mol. The summed E-state index contributed by atoms with van der Waals surface area (Å²) in [4.78, 5) is 13.5. The van der Waals surface area contributed by atoms with Crippen LogP contribution < -0.4 is 10.2 Å². The first-order valence-electron chi connectivity index (χ1n) is 5.11. The molecule has 0 atom stereocenters. The molecule has 1 amide bonds. The molecule has 0 saturated heterocycles. The number of benzene rings is 1. The zero-order chi connectivity index (χ0) is 12.3. The Labute approximate surface area is 95.3 Å². The molecule has 16 heavy (non-hydrogen) atoms. The molecule has 1 aromatic rings. The van der Waals surface area contributed by atoms with Crippen molar-refractivity contribution in [3.8, 4) is 0 Å². The molecular formula is C12H17FN2O. The SMILES string of the molecule is CNC(C)(C)C(=O)N(C)c1cccc(F)c1. The maximum atomic E-state index is 13.0. The lowest BCUT2D eigenvalue weighted by Gasteiger charge is -2.29. The standard InChI is InChI=1S/C12H17FN2O/c1-12(2,14-3)11(16)15(4)10-7-5-6-9(13)8-10/h5-8,14H,1-4H3. The van der Waals surface area contributed by atoms with Gasteiger partial charge in [-0.15, -0.1) is 0 Å². The monoisotopic (exact) mass is 224 g/mol. The van der Waals surface area contributed by atoms with E-state index in [2.05, 4.69) is 5.32 Å². The number of carbonyl (C=O) groups is 1. The van der Waals surface area contributed by atoms with Crippen molar-refractivity contribution in [2.24, 2.45) is 0 Å². The molecule has 4 heteroatoms. The van der Waals surface area contributed by atoms with Crippen LogP contribution in [0.15, 0.2) is 24.3 Å². The van der Waals surface area contributed by atoms with Gasteiger partial charge in [0, 0.05) is 12.7 Å². The molecule has 0 bridgehead atoms. The number of nitrogens with one attached hydrogen (secondary N) is 1. The van der Waals surface area contributed by atoms with Crippen LogP contribution >= 0.6 is 0 Å².